The number of anilines is 2. The number of nitrogens with zero attached hydrogens (tertiary/aromatic N) is 1. The number of rotatable bonds is 8. The van der Waals surface area contributed by atoms with Crippen LogP contribution in [0.2, 0.25) is 0 Å². The number of methoxy groups -OCH3 is 1. The van der Waals surface area contributed by atoms with Gasteiger partial charge in [-0.15, -0.1) is 0 Å². The summed E-state index contributed by atoms with van der Waals surface area (Å²) in [4.78, 5) is 13.9. The highest BCUT2D eigenvalue weighted by Crippen LogP contribution is 2.37. The van der Waals surface area contributed by atoms with Crippen molar-refractivity contribution in [2.24, 2.45) is 5.92 Å². The molecule has 0 bridgehead atoms. The van der Waals surface area contributed by atoms with E-state index in [9.17, 15) is 4.79 Å². The van der Waals surface area contributed by atoms with Crippen LogP contribution in [0, 0.1) is 11.7 Å². The van der Waals surface area contributed by atoms with Crippen molar-refractivity contribution in [3.05, 3.63) is 23.5 Å². The van der Waals surface area contributed by atoms with Gasteiger partial charge in [0.2, 0.25) is 0 Å². The number of hydrogen-bond donors (Lipinski definition) is 1. The third-order valence-electron chi connectivity index (χ3n) is 5.58. The molecule has 0 aromatic heterocycles. The van der Waals surface area contributed by atoms with Crippen molar-refractivity contribution in [1.82, 2.24) is 0 Å². The van der Waals surface area contributed by atoms with E-state index < -0.39 is 0 Å². The van der Waals surface area contributed by atoms with Gasteiger partial charge in [0.25, 0.3) is 0 Å². The van der Waals surface area contributed by atoms with Crippen molar-refractivity contribution in [2.75, 3.05) is 24.3 Å². The van der Waals surface area contributed by atoms with Crippen molar-refractivity contribution in [2.45, 2.75) is 77.7 Å². The summed E-state index contributed by atoms with van der Waals surface area (Å²) in [6.45, 7) is 7.09. The van der Waals surface area contributed by atoms with Crippen LogP contribution in [0.4, 0.5) is 15.8 Å². The zero-order valence-corrected chi connectivity index (χ0v) is 17.3. The molecule has 0 heterocycles. The number of benzene rings is 1. The molecule has 1 fully saturated rings. The van der Waals surface area contributed by atoms with Gasteiger partial charge in [-0.3, -0.25) is 4.79 Å². The molecule has 0 amide bonds. The second kappa shape index (κ2) is 9.95. The topological polar surface area (TPSA) is 55.6 Å². The van der Waals surface area contributed by atoms with E-state index >= 15 is 4.39 Å². The number of halogens is 1. The molecule has 0 spiro atoms. The molecule has 1 aliphatic rings. The quantitative estimate of drug-likeness (QED) is 0.495. The van der Waals surface area contributed by atoms with Gasteiger partial charge in [-0.1, -0.05) is 40.0 Å². The SMILES string of the molecule is CCC(CC(=O)OC)c1cc(N)c(N(CC(C)C)C2CCCCC2)c(F)c1. The maximum Gasteiger partial charge on any atom is 0.306 e. The summed E-state index contributed by atoms with van der Waals surface area (Å²) >= 11 is 0. The molecule has 152 valence electrons. The first-order chi connectivity index (χ1) is 12.9. The highest BCUT2D eigenvalue weighted by molar-refractivity contribution is 5.72. The molecule has 0 aliphatic heterocycles. The Labute approximate surface area is 163 Å². The van der Waals surface area contributed by atoms with Crippen LogP contribution in [0.1, 0.15) is 77.2 Å². The van der Waals surface area contributed by atoms with E-state index in [1.165, 1.54) is 26.4 Å². The van der Waals surface area contributed by atoms with Crippen LogP contribution in [0.25, 0.3) is 0 Å². The normalized spacial score (nSPS) is 16.4. The van der Waals surface area contributed by atoms with E-state index in [4.69, 9.17) is 10.5 Å². The molecule has 1 saturated carbocycles. The van der Waals surface area contributed by atoms with E-state index in [-0.39, 0.29) is 24.1 Å². The lowest BCUT2D eigenvalue weighted by atomic mass is 9.90. The predicted molar refractivity (Wildman–Crippen MR) is 110 cm³/mol. The summed E-state index contributed by atoms with van der Waals surface area (Å²) in [5, 5.41) is 0. The van der Waals surface area contributed by atoms with E-state index in [0.29, 0.717) is 23.3 Å². The number of hydrogen-bond acceptors (Lipinski definition) is 4. The predicted octanol–water partition coefficient (Wildman–Crippen LogP) is 5.26. The molecule has 1 aliphatic carbocycles. The third kappa shape index (κ3) is 5.60. The number of carbonyl (C=O) groups excluding carboxylic acids is 1. The van der Waals surface area contributed by atoms with Crippen molar-refractivity contribution in [1.29, 1.82) is 0 Å². The summed E-state index contributed by atoms with van der Waals surface area (Å²) in [6, 6.07) is 3.77. The molecule has 1 unspecified atom stereocenters. The Morgan fingerprint density at radius 1 is 1.30 bits per heavy atom. The minimum atomic E-state index is -0.284. The van der Waals surface area contributed by atoms with Crippen LogP contribution in [0.15, 0.2) is 12.1 Å². The number of nitrogen functional groups attached to an aromatic ring is 1. The Hall–Kier alpha value is -1.78. The highest BCUT2D eigenvalue weighted by Gasteiger charge is 2.27. The van der Waals surface area contributed by atoms with Gasteiger partial charge in [0, 0.05) is 12.6 Å². The summed E-state index contributed by atoms with van der Waals surface area (Å²) in [6.07, 6.45) is 6.79. The summed E-state index contributed by atoms with van der Waals surface area (Å²) < 4.78 is 20.0. The molecule has 4 nitrogen and oxygen atoms in total. The van der Waals surface area contributed by atoms with Gasteiger partial charge in [0.15, 0.2) is 0 Å². The molecule has 0 radical (unpaired) electrons. The van der Waals surface area contributed by atoms with Gasteiger partial charge in [-0.2, -0.15) is 0 Å². The van der Waals surface area contributed by atoms with Crippen LogP contribution >= 0.6 is 0 Å². The molecular weight excluding hydrogens is 343 g/mol. The summed E-state index contributed by atoms with van der Waals surface area (Å²) in [5.74, 6) is -0.224. The number of nitrogens with two attached hydrogens (primary N) is 1. The van der Waals surface area contributed by atoms with Crippen LogP contribution in [-0.4, -0.2) is 25.7 Å². The molecule has 1 aromatic carbocycles. The Balaban J connectivity index is 2.35. The average Bonchev–Trinajstić information content (AvgIpc) is 2.64. The first-order valence-corrected chi connectivity index (χ1v) is 10.3. The van der Waals surface area contributed by atoms with Crippen molar-refractivity contribution < 1.29 is 13.9 Å². The van der Waals surface area contributed by atoms with Gasteiger partial charge in [-0.05, 0) is 48.8 Å². The van der Waals surface area contributed by atoms with Crippen molar-refractivity contribution in [3.63, 3.8) is 0 Å². The molecule has 27 heavy (non-hydrogen) atoms. The summed E-state index contributed by atoms with van der Waals surface area (Å²) in [7, 11) is 1.38. The lowest BCUT2D eigenvalue weighted by Gasteiger charge is -2.38. The van der Waals surface area contributed by atoms with Crippen LogP contribution in [-0.2, 0) is 9.53 Å². The molecule has 2 N–H and O–H groups in total. The van der Waals surface area contributed by atoms with E-state index in [1.54, 1.807) is 6.07 Å². The fraction of sp³-hybridized carbons (Fsp3) is 0.682. The monoisotopic (exact) mass is 378 g/mol. The van der Waals surface area contributed by atoms with Crippen molar-refractivity contribution >= 4 is 17.3 Å². The maximum atomic E-state index is 15.2. The molecular formula is C22H35FN2O2. The number of carbonyl (C=O) groups is 1. The first-order valence-electron chi connectivity index (χ1n) is 10.3. The van der Waals surface area contributed by atoms with Gasteiger partial charge in [0.05, 0.1) is 24.9 Å². The zero-order chi connectivity index (χ0) is 20.0. The van der Waals surface area contributed by atoms with Crippen LogP contribution in [0.3, 0.4) is 0 Å². The lowest BCUT2D eigenvalue weighted by Crippen LogP contribution is -2.40. The maximum absolute atomic E-state index is 15.2. The largest absolute Gasteiger partial charge is 0.469 e. The van der Waals surface area contributed by atoms with Gasteiger partial charge in [-0.25, -0.2) is 4.39 Å². The number of ether oxygens (including phenoxy) is 1. The molecule has 2 rings (SSSR count). The fourth-order valence-corrected chi connectivity index (χ4v) is 4.17. The second-order valence-electron chi connectivity index (χ2n) is 8.16. The van der Waals surface area contributed by atoms with Gasteiger partial charge < -0.3 is 15.4 Å². The molecule has 5 heteroatoms. The molecule has 1 atom stereocenters. The smallest absolute Gasteiger partial charge is 0.306 e. The third-order valence-corrected chi connectivity index (χ3v) is 5.58. The molecule has 1 aromatic rings. The highest BCUT2D eigenvalue weighted by atomic mass is 19.1. The van der Waals surface area contributed by atoms with E-state index in [1.807, 2.05) is 13.0 Å². The minimum Gasteiger partial charge on any atom is -0.469 e. The minimum absolute atomic E-state index is 0.0865. The zero-order valence-electron chi connectivity index (χ0n) is 17.3. The van der Waals surface area contributed by atoms with E-state index in [2.05, 4.69) is 18.7 Å². The standard InChI is InChI=1S/C22H35FN2O2/c1-5-16(13-21(26)27-4)17-11-19(23)22(20(24)12-17)25(14-15(2)3)18-9-7-6-8-10-18/h11-12,15-16,18H,5-10,13-14,24H2,1-4H3. The molecule has 0 saturated heterocycles. The Morgan fingerprint density at radius 2 is 1.96 bits per heavy atom. The first kappa shape index (κ1) is 21.5. The van der Waals surface area contributed by atoms with Crippen LogP contribution in [0.5, 0.6) is 0 Å². The number of esters is 1. The lowest BCUT2D eigenvalue weighted by molar-refractivity contribution is -0.141. The Bertz CT molecular complexity index is 604. The second-order valence-corrected chi connectivity index (χ2v) is 8.16. The Kier molecular flexibility index (Phi) is 7.93. The Morgan fingerprint density at radius 3 is 2.48 bits per heavy atom. The van der Waals surface area contributed by atoms with Gasteiger partial charge >= 0.3 is 5.97 Å². The summed E-state index contributed by atoms with van der Waals surface area (Å²) in [5.41, 5.74) is 8.14. The van der Waals surface area contributed by atoms with E-state index in [0.717, 1.165) is 31.4 Å². The van der Waals surface area contributed by atoms with Crippen LogP contribution < -0.4 is 10.6 Å². The fourth-order valence-electron chi connectivity index (χ4n) is 4.17. The van der Waals surface area contributed by atoms with Gasteiger partial charge in [0.1, 0.15) is 5.82 Å². The van der Waals surface area contributed by atoms with Crippen molar-refractivity contribution in [3.8, 4) is 0 Å². The average molecular weight is 379 g/mol.